The van der Waals surface area contributed by atoms with Gasteiger partial charge in [0, 0.05) is 49.5 Å². The number of carbonyl (C=O) groups is 8. The van der Waals surface area contributed by atoms with E-state index < -0.39 is 97.0 Å². The summed E-state index contributed by atoms with van der Waals surface area (Å²) >= 11 is 0. The Hall–Kier alpha value is -6.25. The Balaban J connectivity index is 1.82. The SMILES string of the molecule is NC(N)=NCCCC(NC(=O)C1CCCN1C(=O)C(Cc1c[nH]c2ccccc12)NC(=O)C(CCC(=O)O)NC(=O)CNC(=O)C(N)CCC(=O)O)C(=O)O. The van der Waals surface area contributed by atoms with Gasteiger partial charge in [-0.2, -0.15) is 0 Å². The van der Waals surface area contributed by atoms with Gasteiger partial charge in [0.2, 0.25) is 29.5 Å². The van der Waals surface area contributed by atoms with Crippen molar-refractivity contribution in [2.75, 3.05) is 19.6 Å². The summed E-state index contributed by atoms with van der Waals surface area (Å²) in [5.41, 5.74) is 17.7. The van der Waals surface area contributed by atoms with Gasteiger partial charge in [-0.1, -0.05) is 18.2 Å². The molecule has 0 saturated carbocycles. The normalized spacial score (nSPS) is 15.9. The third kappa shape index (κ3) is 13.6. The van der Waals surface area contributed by atoms with E-state index in [1.807, 2.05) is 0 Å². The molecule has 55 heavy (non-hydrogen) atoms. The number of H-pyrrole nitrogens is 1. The Morgan fingerprint density at radius 1 is 0.873 bits per heavy atom. The number of hydrogen-bond acceptors (Lipinski definition) is 10. The Kier molecular flexibility index (Phi) is 16.4. The summed E-state index contributed by atoms with van der Waals surface area (Å²) in [6, 6.07) is 0.739. The third-order valence-electron chi connectivity index (χ3n) is 8.84. The molecule has 1 saturated heterocycles. The number of rotatable bonds is 22. The van der Waals surface area contributed by atoms with Gasteiger partial charge < -0.3 is 63.7 Å². The maximum absolute atomic E-state index is 14.3. The number of nitrogens with one attached hydrogen (secondary N) is 5. The fourth-order valence-electron chi connectivity index (χ4n) is 6.02. The zero-order valence-electron chi connectivity index (χ0n) is 30.0. The van der Waals surface area contributed by atoms with Crippen LogP contribution in [0.3, 0.4) is 0 Å². The van der Waals surface area contributed by atoms with Crippen LogP contribution in [0.1, 0.15) is 56.9 Å². The molecule has 1 fully saturated rings. The lowest BCUT2D eigenvalue weighted by molar-refractivity contribution is -0.145. The van der Waals surface area contributed by atoms with Crippen LogP contribution in [-0.4, -0.2) is 128 Å². The van der Waals surface area contributed by atoms with Gasteiger partial charge in [-0.3, -0.25) is 38.6 Å². The van der Waals surface area contributed by atoms with Crippen LogP contribution in [0.25, 0.3) is 10.9 Å². The highest BCUT2D eigenvalue weighted by molar-refractivity contribution is 5.97. The summed E-state index contributed by atoms with van der Waals surface area (Å²) in [7, 11) is 0. The molecule has 1 aromatic heterocycles. The van der Waals surface area contributed by atoms with E-state index in [-0.39, 0.29) is 57.6 Å². The Morgan fingerprint density at radius 2 is 1.56 bits per heavy atom. The fourth-order valence-corrected chi connectivity index (χ4v) is 6.02. The van der Waals surface area contributed by atoms with Crippen molar-refractivity contribution in [3.63, 3.8) is 0 Å². The molecule has 5 atom stereocenters. The van der Waals surface area contributed by atoms with Gasteiger partial charge in [0.25, 0.3) is 0 Å². The summed E-state index contributed by atoms with van der Waals surface area (Å²) in [5.74, 6) is -7.95. The molecule has 0 spiro atoms. The lowest BCUT2D eigenvalue weighted by Gasteiger charge is -2.30. The number of nitrogens with zero attached hydrogens (tertiary/aromatic N) is 2. The average molecular weight is 773 g/mol. The predicted molar refractivity (Wildman–Crippen MR) is 195 cm³/mol. The van der Waals surface area contributed by atoms with Crippen LogP contribution in [0.2, 0.25) is 0 Å². The van der Waals surface area contributed by atoms with Crippen molar-refractivity contribution in [3.05, 3.63) is 36.0 Å². The number of carbonyl (C=O) groups excluding carboxylic acids is 5. The first-order valence-electron chi connectivity index (χ1n) is 17.6. The summed E-state index contributed by atoms with van der Waals surface area (Å²) in [6.07, 6.45) is 0.860. The number of aromatic nitrogens is 1. The van der Waals surface area contributed by atoms with E-state index in [9.17, 15) is 48.6 Å². The highest BCUT2D eigenvalue weighted by Gasteiger charge is 2.40. The second-order valence-corrected chi connectivity index (χ2v) is 13.0. The number of aromatic amines is 1. The topological polar surface area (TPSA) is 355 Å². The van der Waals surface area contributed by atoms with Crippen LogP contribution in [-0.2, 0) is 44.8 Å². The maximum Gasteiger partial charge on any atom is 0.326 e. The zero-order valence-corrected chi connectivity index (χ0v) is 30.0. The molecule has 0 bridgehead atoms. The molecule has 3 rings (SSSR count). The molecule has 0 radical (unpaired) electrons. The van der Waals surface area contributed by atoms with Crippen molar-refractivity contribution < 1.29 is 53.7 Å². The Labute approximate surface area is 314 Å². The highest BCUT2D eigenvalue weighted by atomic mass is 16.4. The van der Waals surface area contributed by atoms with Gasteiger partial charge in [0.05, 0.1) is 12.6 Å². The molecular formula is C34H48N10O11. The number of para-hydroxylation sites is 1. The number of likely N-dealkylation sites (tertiary alicyclic amines) is 1. The number of guanidine groups is 1. The van der Waals surface area contributed by atoms with Crippen molar-refractivity contribution in [3.8, 4) is 0 Å². The number of amides is 5. The summed E-state index contributed by atoms with van der Waals surface area (Å²) in [6.45, 7) is -0.437. The molecule has 21 heteroatoms. The van der Waals surface area contributed by atoms with Crippen LogP contribution in [0.15, 0.2) is 35.5 Å². The zero-order chi connectivity index (χ0) is 40.7. The Bertz CT molecular complexity index is 1760. The number of aliphatic imine (C=N–C) groups is 1. The molecule has 21 nitrogen and oxygen atoms in total. The van der Waals surface area contributed by atoms with Crippen molar-refractivity contribution >= 4 is 64.3 Å². The Morgan fingerprint density at radius 3 is 2.24 bits per heavy atom. The van der Waals surface area contributed by atoms with E-state index in [0.29, 0.717) is 12.0 Å². The van der Waals surface area contributed by atoms with Gasteiger partial charge in [-0.25, -0.2) is 4.79 Å². The first-order valence-corrected chi connectivity index (χ1v) is 17.6. The van der Waals surface area contributed by atoms with Gasteiger partial charge in [-0.15, -0.1) is 0 Å². The molecule has 14 N–H and O–H groups in total. The van der Waals surface area contributed by atoms with E-state index in [4.69, 9.17) is 22.3 Å². The lowest BCUT2D eigenvalue weighted by atomic mass is 10.0. The first kappa shape index (κ1) is 43.2. The number of fused-ring (bicyclic) bond motifs is 1. The van der Waals surface area contributed by atoms with E-state index >= 15 is 0 Å². The molecule has 1 aliphatic rings. The molecule has 2 aromatic rings. The minimum Gasteiger partial charge on any atom is -0.481 e. The summed E-state index contributed by atoms with van der Waals surface area (Å²) in [5, 5.41) is 38.3. The van der Waals surface area contributed by atoms with Gasteiger partial charge in [0.15, 0.2) is 5.96 Å². The van der Waals surface area contributed by atoms with Gasteiger partial charge in [-0.05, 0) is 50.2 Å². The molecular weight excluding hydrogens is 724 g/mol. The van der Waals surface area contributed by atoms with Crippen LogP contribution in [0.4, 0.5) is 0 Å². The van der Waals surface area contributed by atoms with Gasteiger partial charge >= 0.3 is 17.9 Å². The first-order chi connectivity index (χ1) is 26.1. The molecule has 2 heterocycles. The molecule has 0 aliphatic carbocycles. The van der Waals surface area contributed by atoms with Crippen LogP contribution < -0.4 is 38.5 Å². The fraction of sp³-hybridized carbons (Fsp3) is 0.500. The molecule has 1 aromatic carbocycles. The van der Waals surface area contributed by atoms with Gasteiger partial charge in [0.1, 0.15) is 24.2 Å². The van der Waals surface area contributed by atoms with E-state index in [1.165, 1.54) is 4.90 Å². The summed E-state index contributed by atoms with van der Waals surface area (Å²) < 4.78 is 0. The van der Waals surface area contributed by atoms with E-state index in [2.05, 4.69) is 31.2 Å². The molecule has 5 unspecified atom stereocenters. The number of benzene rings is 1. The minimum absolute atomic E-state index is 0.00240. The predicted octanol–water partition coefficient (Wildman–Crippen LogP) is -2.53. The van der Waals surface area contributed by atoms with Crippen molar-refractivity contribution in [1.29, 1.82) is 0 Å². The number of carboxylic acids is 3. The van der Waals surface area contributed by atoms with Crippen molar-refractivity contribution in [1.82, 2.24) is 31.2 Å². The van der Waals surface area contributed by atoms with Crippen LogP contribution >= 0.6 is 0 Å². The third-order valence-corrected chi connectivity index (χ3v) is 8.84. The standard InChI is InChI=1S/C34H48N10O11/c35-20(9-11-27(46)47)29(50)40-17-26(45)41-22(10-12-28(48)49)30(51)43-24(15-18-16-39-21-6-2-1-5-19(18)21)32(53)44-14-4-8-25(44)31(52)42-23(33(54)55)7-3-13-38-34(36)37/h1-2,5-6,16,20,22-25,39H,3-4,7-15,17,35H2,(H,40,50)(H,41,45)(H,42,52)(H,43,51)(H,46,47)(H,48,49)(H,54,55)(H4,36,37,38). The maximum atomic E-state index is 14.3. The van der Waals surface area contributed by atoms with E-state index in [0.717, 1.165) is 10.9 Å². The lowest BCUT2D eigenvalue weighted by Crippen LogP contribution is -2.58. The molecule has 300 valence electrons. The van der Waals surface area contributed by atoms with Crippen molar-refractivity contribution in [2.45, 2.75) is 88.0 Å². The second-order valence-electron chi connectivity index (χ2n) is 13.0. The van der Waals surface area contributed by atoms with Crippen LogP contribution in [0, 0.1) is 0 Å². The second kappa shape index (κ2) is 20.8. The number of aliphatic carboxylic acids is 3. The van der Waals surface area contributed by atoms with Crippen molar-refractivity contribution in [2.24, 2.45) is 22.2 Å². The molecule has 5 amide bonds. The number of nitrogens with two attached hydrogens (primary N) is 3. The number of hydrogen-bond donors (Lipinski definition) is 11. The quantitative estimate of drug-likeness (QED) is 0.0334. The van der Waals surface area contributed by atoms with Crippen LogP contribution in [0.5, 0.6) is 0 Å². The monoisotopic (exact) mass is 772 g/mol. The number of carboxylic acid groups (broad SMARTS) is 3. The largest absolute Gasteiger partial charge is 0.481 e. The minimum atomic E-state index is -1.49. The average Bonchev–Trinajstić information content (AvgIpc) is 3.79. The van der Waals surface area contributed by atoms with E-state index in [1.54, 1.807) is 30.5 Å². The summed E-state index contributed by atoms with van der Waals surface area (Å²) in [4.78, 5) is 109. The smallest absolute Gasteiger partial charge is 0.326 e. The molecule has 1 aliphatic heterocycles. The highest BCUT2D eigenvalue weighted by Crippen LogP contribution is 2.23.